The monoisotopic (exact) mass is 350 g/mol. The van der Waals surface area contributed by atoms with E-state index in [9.17, 15) is 9.59 Å². The average molecular weight is 351 g/mol. The number of anilines is 1. The van der Waals surface area contributed by atoms with Crippen molar-refractivity contribution in [1.82, 2.24) is 5.32 Å². The molecule has 130 valence electrons. The highest BCUT2D eigenvalue weighted by molar-refractivity contribution is 6.31. The molecule has 2 saturated carbocycles. The second kappa shape index (κ2) is 7.43. The summed E-state index contributed by atoms with van der Waals surface area (Å²) in [5.74, 6) is -0.0644. The van der Waals surface area contributed by atoms with Gasteiger partial charge in [0.25, 0.3) is 0 Å². The van der Waals surface area contributed by atoms with Gasteiger partial charge in [-0.25, -0.2) is 0 Å². The van der Waals surface area contributed by atoms with E-state index in [2.05, 4.69) is 10.6 Å². The molecule has 0 radical (unpaired) electrons. The zero-order valence-corrected chi connectivity index (χ0v) is 14.6. The van der Waals surface area contributed by atoms with Crippen LogP contribution in [-0.4, -0.2) is 25.0 Å². The van der Waals surface area contributed by atoms with Crippen molar-refractivity contribution >= 4 is 29.1 Å². The van der Waals surface area contributed by atoms with Crippen molar-refractivity contribution in [2.45, 2.75) is 44.6 Å². The molecular formula is C18H23ClN2O3. The van der Waals surface area contributed by atoms with Gasteiger partial charge in [0.15, 0.2) is 0 Å². The third-order valence-electron chi connectivity index (χ3n) is 4.83. The Morgan fingerprint density at radius 2 is 1.83 bits per heavy atom. The second-order valence-corrected chi connectivity index (χ2v) is 7.06. The number of hydrogen-bond acceptors (Lipinski definition) is 3. The van der Waals surface area contributed by atoms with Crippen LogP contribution in [0, 0.1) is 11.8 Å². The molecule has 5 nitrogen and oxygen atoms in total. The minimum absolute atomic E-state index is 0.0140. The van der Waals surface area contributed by atoms with Crippen molar-refractivity contribution < 1.29 is 14.3 Å². The van der Waals surface area contributed by atoms with Crippen molar-refractivity contribution in [2.75, 3.05) is 12.4 Å². The van der Waals surface area contributed by atoms with Crippen LogP contribution in [0.15, 0.2) is 18.2 Å². The van der Waals surface area contributed by atoms with E-state index in [0.717, 1.165) is 12.8 Å². The molecule has 2 atom stereocenters. The van der Waals surface area contributed by atoms with Crippen LogP contribution in [0.5, 0.6) is 5.75 Å². The van der Waals surface area contributed by atoms with E-state index in [0.29, 0.717) is 22.9 Å². The number of carbonyl (C=O) groups is 2. The van der Waals surface area contributed by atoms with Crippen molar-refractivity contribution in [3.63, 3.8) is 0 Å². The topological polar surface area (TPSA) is 67.4 Å². The molecule has 1 aromatic carbocycles. The normalized spacial score (nSPS) is 23.4. The van der Waals surface area contributed by atoms with Crippen molar-refractivity contribution in [2.24, 2.45) is 11.8 Å². The minimum atomic E-state index is -0.266. The Morgan fingerprint density at radius 3 is 2.54 bits per heavy atom. The summed E-state index contributed by atoms with van der Waals surface area (Å²) in [5, 5.41) is 6.44. The highest BCUT2D eigenvalue weighted by Crippen LogP contribution is 2.40. The summed E-state index contributed by atoms with van der Waals surface area (Å²) >= 11 is 5.97. The zero-order valence-electron chi connectivity index (χ0n) is 13.8. The number of methoxy groups -OCH3 is 1. The van der Waals surface area contributed by atoms with E-state index in [-0.39, 0.29) is 29.7 Å². The van der Waals surface area contributed by atoms with E-state index in [4.69, 9.17) is 16.3 Å². The average Bonchev–Trinajstić information content (AvgIpc) is 3.37. The maximum Gasteiger partial charge on any atom is 0.228 e. The van der Waals surface area contributed by atoms with Gasteiger partial charge in [-0.1, -0.05) is 30.9 Å². The Kier molecular flexibility index (Phi) is 5.29. The molecule has 2 amide bonds. The molecule has 0 aromatic heterocycles. The van der Waals surface area contributed by atoms with E-state index < -0.39 is 0 Å². The van der Waals surface area contributed by atoms with Crippen LogP contribution in [0.25, 0.3) is 0 Å². The highest BCUT2D eigenvalue weighted by atomic mass is 35.5. The zero-order chi connectivity index (χ0) is 17.1. The Balaban J connectivity index is 1.54. The van der Waals surface area contributed by atoms with Crippen LogP contribution in [0.4, 0.5) is 5.69 Å². The fourth-order valence-electron chi connectivity index (χ4n) is 3.33. The van der Waals surface area contributed by atoms with Crippen LogP contribution >= 0.6 is 11.6 Å². The lowest BCUT2D eigenvalue weighted by molar-refractivity contribution is -0.126. The Labute approximate surface area is 147 Å². The number of nitrogens with one attached hydrogen (secondary N) is 2. The van der Waals surface area contributed by atoms with Crippen molar-refractivity contribution in [3.05, 3.63) is 23.2 Å². The third-order valence-corrected chi connectivity index (χ3v) is 5.07. The summed E-state index contributed by atoms with van der Waals surface area (Å²) < 4.78 is 5.22. The van der Waals surface area contributed by atoms with E-state index in [1.807, 2.05) is 0 Å². The van der Waals surface area contributed by atoms with Gasteiger partial charge < -0.3 is 15.4 Å². The first kappa shape index (κ1) is 17.1. The third kappa shape index (κ3) is 4.01. The Bertz CT molecular complexity index is 629. The molecule has 0 saturated heterocycles. The lowest BCUT2D eigenvalue weighted by Crippen LogP contribution is -2.37. The molecule has 3 rings (SSSR count). The van der Waals surface area contributed by atoms with Crippen molar-refractivity contribution in [1.29, 1.82) is 0 Å². The number of halogens is 1. The first-order chi connectivity index (χ1) is 11.6. The molecule has 0 aliphatic heterocycles. The smallest absolute Gasteiger partial charge is 0.228 e. The maximum atomic E-state index is 12.4. The molecule has 6 heteroatoms. The van der Waals surface area contributed by atoms with Crippen LogP contribution in [0.3, 0.4) is 0 Å². The van der Waals surface area contributed by atoms with Gasteiger partial charge in [0.1, 0.15) is 5.75 Å². The molecule has 2 fully saturated rings. The van der Waals surface area contributed by atoms with Gasteiger partial charge in [-0.15, -0.1) is 0 Å². The summed E-state index contributed by atoms with van der Waals surface area (Å²) in [6, 6.07) is 5.34. The fraction of sp³-hybridized carbons (Fsp3) is 0.556. The van der Waals surface area contributed by atoms with Gasteiger partial charge >= 0.3 is 0 Å². The molecule has 0 heterocycles. The summed E-state index contributed by atoms with van der Waals surface area (Å²) in [4.78, 5) is 24.7. The van der Waals surface area contributed by atoms with Gasteiger partial charge in [0, 0.05) is 11.1 Å². The van der Waals surface area contributed by atoms with E-state index in [1.165, 1.54) is 26.4 Å². The predicted molar refractivity (Wildman–Crippen MR) is 93.2 cm³/mol. The number of carbonyl (C=O) groups excluding carboxylic acids is 2. The highest BCUT2D eigenvalue weighted by Gasteiger charge is 2.48. The number of benzene rings is 1. The largest absolute Gasteiger partial charge is 0.495 e. The summed E-state index contributed by atoms with van der Waals surface area (Å²) in [6.07, 6.45) is 6.31. The maximum absolute atomic E-state index is 12.4. The molecule has 1 aromatic rings. The summed E-state index contributed by atoms with van der Waals surface area (Å²) in [6.45, 7) is 0. The Hall–Kier alpha value is -1.75. The summed E-state index contributed by atoms with van der Waals surface area (Å²) in [5.41, 5.74) is 0.535. The lowest BCUT2D eigenvalue weighted by Gasteiger charge is -2.22. The van der Waals surface area contributed by atoms with E-state index in [1.54, 1.807) is 18.2 Å². The second-order valence-electron chi connectivity index (χ2n) is 6.63. The number of amides is 2. The molecule has 2 aliphatic rings. The standard InChI is InChI=1S/C18H23ClN2O3/c1-24-16-8-7-11(19)9-15(16)21-18(23)14-10-13(14)17(22)20-12-5-3-2-4-6-12/h7-9,12-14H,2-6,10H2,1H3,(H,20,22)(H,21,23). The Morgan fingerprint density at radius 1 is 1.12 bits per heavy atom. The van der Waals surface area contributed by atoms with E-state index >= 15 is 0 Å². The van der Waals surface area contributed by atoms with Gasteiger partial charge in [-0.3, -0.25) is 9.59 Å². The number of ether oxygens (including phenoxy) is 1. The minimum Gasteiger partial charge on any atom is -0.495 e. The van der Waals surface area contributed by atoms with Gasteiger partial charge in [-0.05, 0) is 37.5 Å². The molecule has 2 unspecified atom stereocenters. The van der Waals surface area contributed by atoms with Crippen LogP contribution in [0.2, 0.25) is 5.02 Å². The van der Waals surface area contributed by atoms with Gasteiger partial charge in [0.05, 0.1) is 24.6 Å². The SMILES string of the molecule is COc1ccc(Cl)cc1NC(=O)C1CC1C(=O)NC1CCCCC1. The first-order valence-electron chi connectivity index (χ1n) is 8.53. The number of rotatable bonds is 5. The van der Waals surface area contributed by atoms with Gasteiger partial charge in [0.2, 0.25) is 11.8 Å². The van der Waals surface area contributed by atoms with Crippen molar-refractivity contribution in [3.8, 4) is 5.75 Å². The summed E-state index contributed by atoms with van der Waals surface area (Å²) in [7, 11) is 1.54. The van der Waals surface area contributed by atoms with Gasteiger partial charge in [-0.2, -0.15) is 0 Å². The molecule has 2 N–H and O–H groups in total. The first-order valence-corrected chi connectivity index (χ1v) is 8.91. The quantitative estimate of drug-likeness (QED) is 0.855. The van der Waals surface area contributed by atoms with Crippen LogP contribution < -0.4 is 15.4 Å². The molecule has 24 heavy (non-hydrogen) atoms. The molecular weight excluding hydrogens is 328 g/mol. The number of hydrogen-bond donors (Lipinski definition) is 2. The fourth-order valence-corrected chi connectivity index (χ4v) is 3.51. The molecule has 2 aliphatic carbocycles. The molecule has 0 spiro atoms. The predicted octanol–water partition coefficient (Wildman–Crippen LogP) is 3.37. The van der Waals surface area contributed by atoms with Crippen LogP contribution in [-0.2, 0) is 9.59 Å². The molecule has 0 bridgehead atoms. The lowest BCUT2D eigenvalue weighted by atomic mass is 9.95. The van der Waals surface area contributed by atoms with Crippen LogP contribution in [0.1, 0.15) is 38.5 Å².